The lowest BCUT2D eigenvalue weighted by Gasteiger charge is -2.15. The van der Waals surface area contributed by atoms with Crippen molar-refractivity contribution in [2.45, 2.75) is 37.3 Å². The fourth-order valence-corrected chi connectivity index (χ4v) is 3.95. The molecule has 3 aromatic rings. The van der Waals surface area contributed by atoms with Gasteiger partial charge in [0.25, 0.3) is 0 Å². The van der Waals surface area contributed by atoms with E-state index in [1.165, 1.54) is 33.4 Å². The molecule has 2 heteroatoms. The van der Waals surface area contributed by atoms with Crippen molar-refractivity contribution < 1.29 is 0 Å². The first-order valence-corrected chi connectivity index (χ1v) is 11.8. The minimum absolute atomic E-state index is 0.404. The lowest BCUT2D eigenvalue weighted by molar-refractivity contribution is 0.641. The second-order valence-electron chi connectivity index (χ2n) is 8.11. The number of halogens is 2. The smallest absolute Gasteiger partial charge is 0.0418 e. The molecule has 2 unspecified atom stereocenters. The fourth-order valence-electron chi connectivity index (χ4n) is 3.34. The van der Waals surface area contributed by atoms with Crippen molar-refractivity contribution in [3.05, 3.63) is 83.9 Å². The zero-order chi connectivity index (χ0) is 20.3. The normalized spacial score (nSPS) is 13.7. The maximum Gasteiger partial charge on any atom is 0.0418 e. The SMILES string of the molecule is CC(C)C(Br)c1ccc(-c2ccc(-c3ccc(C(Br)C(C)C)cc3)cc2)cc1. The second-order valence-corrected chi connectivity index (χ2v) is 10.1. The molecule has 0 nitrogen and oxygen atoms in total. The zero-order valence-electron chi connectivity index (χ0n) is 17.0. The van der Waals surface area contributed by atoms with Gasteiger partial charge in [-0.3, -0.25) is 0 Å². The number of rotatable bonds is 6. The third kappa shape index (κ3) is 4.96. The molecule has 0 spiro atoms. The zero-order valence-corrected chi connectivity index (χ0v) is 20.2. The molecule has 2 atom stereocenters. The van der Waals surface area contributed by atoms with Crippen LogP contribution in [-0.4, -0.2) is 0 Å². The minimum atomic E-state index is 0.404. The van der Waals surface area contributed by atoms with Gasteiger partial charge in [0.15, 0.2) is 0 Å². The topological polar surface area (TPSA) is 0 Å². The van der Waals surface area contributed by atoms with Crippen LogP contribution in [-0.2, 0) is 0 Å². The Morgan fingerprint density at radius 3 is 0.857 bits per heavy atom. The molecule has 28 heavy (non-hydrogen) atoms. The van der Waals surface area contributed by atoms with Gasteiger partial charge in [0.05, 0.1) is 0 Å². The molecule has 0 radical (unpaired) electrons. The van der Waals surface area contributed by atoms with Crippen molar-refractivity contribution in [3.63, 3.8) is 0 Å². The van der Waals surface area contributed by atoms with Gasteiger partial charge < -0.3 is 0 Å². The molecular weight excluding hydrogens is 472 g/mol. The maximum atomic E-state index is 3.79. The summed E-state index contributed by atoms with van der Waals surface area (Å²) < 4.78 is 0. The fraction of sp³-hybridized carbons (Fsp3) is 0.308. The second kappa shape index (κ2) is 9.41. The average molecular weight is 500 g/mol. The van der Waals surface area contributed by atoms with Crippen molar-refractivity contribution in [1.82, 2.24) is 0 Å². The van der Waals surface area contributed by atoms with E-state index < -0.39 is 0 Å². The van der Waals surface area contributed by atoms with E-state index in [1.807, 2.05) is 0 Å². The summed E-state index contributed by atoms with van der Waals surface area (Å²) >= 11 is 7.57. The summed E-state index contributed by atoms with van der Waals surface area (Å²) in [5, 5.41) is 0. The molecule has 0 saturated carbocycles. The van der Waals surface area contributed by atoms with Crippen molar-refractivity contribution in [1.29, 1.82) is 0 Å². The Labute approximate surface area is 186 Å². The molecule has 0 bridgehead atoms. The van der Waals surface area contributed by atoms with Crippen LogP contribution in [0.2, 0.25) is 0 Å². The third-order valence-electron chi connectivity index (χ3n) is 5.18. The molecule has 0 aromatic heterocycles. The third-order valence-corrected chi connectivity index (χ3v) is 8.35. The number of benzene rings is 3. The molecule has 0 heterocycles. The molecule has 146 valence electrons. The number of hydrogen-bond donors (Lipinski definition) is 0. The molecular formula is C26H28Br2. The highest BCUT2D eigenvalue weighted by Crippen LogP contribution is 2.34. The molecule has 0 aliphatic heterocycles. The summed E-state index contributed by atoms with van der Waals surface area (Å²) in [5.41, 5.74) is 7.69. The van der Waals surface area contributed by atoms with Gasteiger partial charge in [-0.15, -0.1) is 0 Å². The van der Waals surface area contributed by atoms with Crippen LogP contribution in [0.5, 0.6) is 0 Å². The van der Waals surface area contributed by atoms with E-state index in [0.717, 1.165) is 0 Å². The maximum absolute atomic E-state index is 3.79. The Morgan fingerprint density at radius 1 is 0.429 bits per heavy atom. The van der Waals surface area contributed by atoms with E-state index in [0.29, 0.717) is 21.5 Å². The van der Waals surface area contributed by atoms with Crippen molar-refractivity contribution >= 4 is 31.9 Å². The molecule has 0 fully saturated rings. The van der Waals surface area contributed by atoms with E-state index in [9.17, 15) is 0 Å². The van der Waals surface area contributed by atoms with Gasteiger partial charge in [-0.05, 0) is 45.2 Å². The van der Waals surface area contributed by atoms with Gasteiger partial charge in [-0.25, -0.2) is 0 Å². The first-order valence-electron chi connectivity index (χ1n) is 9.95. The van der Waals surface area contributed by atoms with Gasteiger partial charge in [0.1, 0.15) is 0 Å². The van der Waals surface area contributed by atoms with Crippen LogP contribution in [0, 0.1) is 11.8 Å². The van der Waals surface area contributed by atoms with E-state index in [2.05, 4.69) is 132 Å². The van der Waals surface area contributed by atoms with Gasteiger partial charge >= 0.3 is 0 Å². The number of hydrogen-bond acceptors (Lipinski definition) is 0. The van der Waals surface area contributed by atoms with Crippen LogP contribution in [0.4, 0.5) is 0 Å². The average Bonchev–Trinajstić information content (AvgIpc) is 2.73. The molecule has 3 rings (SSSR count). The van der Waals surface area contributed by atoms with Crippen LogP contribution in [0.15, 0.2) is 72.8 Å². The van der Waals surface area contributed by atoms with E-state index >= 15 is 0 Å². The molecule has 0 amide bonds. The van der Waals surface area contributed by atoms with Crippen molar-refractivity contribution in [3.8, 4) is 22.3 Å². The van der Waals surface area contributed by atoms with Gasteiger partial charge in [-0.2, -0.15) is 0 Å². The van der Waals surface area contributed by atoms with Crippen molar-refractivity contribution in [2.24, 2.45) is 11.8 Å². The summed E-state index contributed by atoms with van der Waals surface area (Å²) in [7, 11) is 0. The Balaban J connectivity index is 1.76. The highest BCUT2D eigenvalue weighted by molar-refractivity contribution is 9.09. The molecule has 3 aromatic carbocycles. The van der Waals surface area contributed by atoms with Crippen molar-refractivity contribution in [2.75, 3.05) is 0 Å². The predicted octanol–water partition coefficient (Wildman–Crippen LogP) is 9.20. The highest BCUT2D eigenvalue weighted by atomic mass is 79.9. The lowest BCUT2D eigenvalue weighted by Crippen LogP contribution is -1.98. The molecule has 0 aliphatic rings. The van der Waals surface area contributed by atoms with E-state index in [-0.39, 0.29) is 0 Å². The largest absolute Gasteiger partial charge is 0.0836 e. The van der Waals surface area contributed by atoms with Crippen LogP contribution in [0.1, 0.15) is 48.5 Å². The van der Waals surface area contributed by atoms with Crippen LogP contribution in [0.25, 0.3) is 22.3 Å². The predicted molar refractivity (Wildman–Crippen MR) is 130 cm³/mol. The van der Waals surface area contributed by atoms with Gasteiger partial charge in [0.2, 0.25) is 0 Å². The Bertz CT molecular complexity index is 799. The van der Waals surface area contributed by atoms with E-state index in [1.54, 1.807) is 0 Å². The minimum Gasteiger partial charge on any atom is -0.0836 e. The Hall–Kier alpha value is -1.38. The summed E-state index contributed by atoms with van der Waals surface area (Å²) in [5.74, 6) is 1.16. The number of alkyl halides is 2. The van der Waals surface area contributed by atoms with E-state index in [4.69, 9.17) is 0 Å². The van der Waals surface area contributed by atoms with Gasteiger partial charge in [0, 0.05) is 9.65 Å². The first-order chi connectivity index (χ1) is 13.4. The van der Waals surface area contributed by atoms with Crippen LogP contribution in [0.3, 0.4) is 0 Å². The Kier molecular flexibility index (Phi) is 7.17. The summed E-state index contributed by atoms with van der Waals surface area (Å²) in [4.78, 5) is 0.809. The molecule has 0 N–H and O–H groups in total. The Morgan fingerprint density at radius 2 is 0.643 bits per heavy atom. The highest BCUT2D eigenvalue weighted by Gasteiger charge is 2.13. The lowest BCUT2D eigenvalue weighted by atomic mass is 9.96. The summed E-state index contributed by atoms with van der Waals surface area (Å²) in [6, 6.07) is 26.7. The summed E-state index contributed by atoms with van der Waals surface area (Å²) in [6.45, 7) is 8.94. The standard InChI is InChI=1S/C26H28Br2/c1-17(2)25(27)23-13-9-21(10-14-23)19-5-7-20(8-6-19)22-11-15-24(16-12-22)26(28)18(3)4/h5-18,25-26H,1-4H3. The summed E-state index contributed by atoms with van der Waals surface area (Å²) in [6.07, 6.45) is 0. The van der Waals surface area contributed by atoms with Crippen LogP contribution < -0.4 is 0 Å². The molecule has 0 aliphatic carbocycles. The van der Waals surface area contributed by atoms with Gasteiger partial charge in [-0.1, -0.05) is 132 Å². The van der Waals surface area contributed by atoms with Crippen LogP contribution >= 0.6 is 31.9 Å². The monoisotopic (exact) mass is 498 g/mol. The molecule has 0 saturated heterocycles. The first kappa shape index (κ1) is 21.3. The quantitative estimate of drug-likeness (QED) is 0.296.